The molecule has 2 aliphatic rings. The second kappa shape index (κ2) is 8.81. The first-order valence-corrected chi connectivity index (χ1v) is 11.9. The number of unbranched alkanes of at least 4 members (excludes halogenated alkanes) is 1. The number of carbonyl (C=O) groups is 1. The summed E-state index contributed by atoms with van der Waals surface area (Å²) in [6, 6.07) is 6.45. The number of piperazine rings is 1. The lowest BCUT2D eigenvalue weighted by molar-refractivity contribution is -0.137. The lowest BCUT2D eigenvalue weighted by Gasteiger charge is -2.37. The molecule has 4 nitrogen and oxygen atoms in total. The van der Waals surface area contributed by atoms with E-state index in [1.807, 2.05) is 0 Å². The fourth-order valence-electron chi connectivity index (χ4n) is 4.72. The van der Waals surface area contributed by atoms with Crippen LogP contribution in [0.15, 0.2) is 18.2 Å². The molecule has 1 saturated carbocycles. The standard InChI is InChI=1S/C23H33N3OS/c1-3-4-5-18-7-9-19(10-8-18)22(27)25-12-14-26(15-13-25)23-24-20-11-6-17(2)16-21(20)28-23/h6,11,16,18-19H,3-5,7-10,12-15H2,1-2H3. The predicted octanol–water partition coefficient (Wildman–Crippen LogP) is 5.25. The summed E-state index contributed by atoms with van der Waals surface area (Å²) >= 11 is 1.77. The van der Waals surface area contributed by atoms with Gasteiger partial charge in [0.05, 0.1) is 10.2 Å². The summed E-state index contributed by atoms with van der Waals surface area (Å²) < 4.78 is 1.26. The van der Waals surface area contributed by atoms with Gasteiger partial charge in [-0.1, -0.05) is 43.6 Å². The molecule has 2 heterocycles. The molecule has 1 aromatic heterocycles. The highest BCUT2D eigenvalue weighted by Gasteiger charge is 2.31. The van der Waals surface area contributed by atoms with E-state index in [1.54, 1.807) is 11.3 Å². The number of fused-ring (bicyclic) bond motifs is 1. The van der Waals surface area contributed by atoms with Gasteiger partial charge in [-0.2, -0.15) is 0 Å². The lowest BCUT2D eigenvalue weighted by Crippen LogP contribution is -2.50. The van der Waals surface area contributed by atoms with Crippen LogP contribution in [0, 0.1) is 18.8 Å². The summed E-state index contributed by atoms with van der Waals surface area (Å²) in [5.41, 5.74) is 2.37. The molecule has 0 spiro atoms. The van der Waals surface area contributed by atoms with Crippen molar-refractivity contribution in [2.24, 2.45) is 11.8 Å². The van der Waals surface area contributed by atoms with E-state index >= 15 is 0 Å². The van der Waals surface area contributed by atoms with Crippen molar-refractivity contribution < 1.29 is 4.79 Å². The molecule has 1 aliphatic carbocycles. The number of anilines is 1. The molecular formula is C23H33N3OS. The molecule has 0 bridgehead atoms. The average molecular weight is 400 g/mol. The van der Waals surface area contributed by atoms with Gasteiger partial charge in [-0.05, 0) is 56.2 Å². The van der Waals surface area contributed by atoms with Gasteiger partial charge in [-0.15, -0.1) is 0 Å². The molecular weight excluding hydrogens is 366 g/mol. The molecule has 1 amide bonds. The molecule has 0 unspecified atom stereocenters. The fraction of sp³-hybridized carbons (Fsp3) is 0.652. The minimum atomic E-state index is 0.273. The minimum Gasteiger partial charge on any atom is -0.345 e. The van der Waals surface area contributed by atoms with Crippen molar-refractivity contribution >= 4 is 32.6 Å². The molecule has 0 radical (unpaired) electrons. The summed E-state index contributed by atoms with van der Waals surface area (Å²) in [5, 5.41) is 1.10. The summed E-state index contributed by atoms with van der Waals surface area (Å²) in [4.78, 5) is 22.3. The van der Waals surface area contributed by atoms with Gasteiger partial charge >= 0.3 is 0 Å². The molecule has 4 rings (SSSR count). The van der Waals surface area contributed by atoms with Crippen molar-refractivity contribution in [2.75, 3.05) is 31.1 Å². The van der Waals surface area contributed by atoms with Gasteiger partial charge in [0.1, 0.15) is 0 Å². The van der Waals surface area contributed by atoms with Gasteiger partial charge in [0, 0.05) is 32.1 Å². The maximum Gasteiger partial charge on any atom is 0.225 e. The first-order chi connectivity index (χ1) is 13.6. The molecule has 28 heavy (non-hydrogen) atoms. The number of thiazole rings is 1. The Bertz CT molecular complexity index is 801. The maximum atomic E-state index is 13.0. The minimum absolute atomic E-state index is 0.273. The van der Waals surface area contributed by atoms with Gasteiger partial charge in [-0.25, -0.2) is 4.98 Å². The normalized spacial score (nSPS) is 23.4. The Kier molecular flexibility index (Phi) is 6.19. The van der Waals surface area contributed by atoms with Crippen LogP contribution in [0.3, 0.4) is 0 Å². The summed E-state index contributed by atoms with van der Waals surface area (Å²) in [6.45, 7) is 7.87. The smallest absolute Gasteiger partial charge is 0.225 e. The highest BCUT2D eigenvalue weighted by molar-refractivity contribution is 7.22. The SMILES string of the molecule is CCCCC1CCC(C(=O)N2CCN(c3nc4ccc(C)cc4s3)CC2)CC1. The highest BCUT2D eigenvalue weighted by atomic mass is 32.1. The Morgan fingerprint density at radius 3 is 2.61 bits per heavy atom. The summed E-state index contributed by atoms with van der Waals surface area (Å²) in [6.07, 6.45) is 8.70. The monoisotopic (exact) mass is 399 g/mol. The molecule has 2 aromatic rings. The number of hydrogen-bond acceptors (Lipinski definition) is 4. The van der Waals surface area contributed by atoms with E-state index < -0.39 is 0 Å². The van der Waals surface area contributed by atoms with Crippen LogP contribution < -0.4 is 4.90 Å². The molecule has 2 fully saturated rings. The number of aryl methyl sites for hydroxylation is 1. The number of rotatable bonds is 5. The zero-order chi connectivity index (χ0) is 19.5. The Labute approximate surface area is 172 Å². The van der Waals surface area contributed by atoms with Crippen LogP contribution in [0.2, 0.25) is 0 Å². The van der Waals surface area contributed by atoms with Crippen LogP contribution in [-0.4, -0.2) is 42.0 Å². The second-order valence-corrected chi connectivity index (χ2v) is 9.65. The predicted molar refractivity (Wildman–Crippen MR) is 118 cm³/mol. The van der Waals surface area contributed by atoms with E-state index in [4.69, 9.17) is 4.98 Å². The van der Waals surface area contributed by atoms with Crippen molar-refractivity contribution in [3.05, 3.63) is 23.8 Å². The average Bonchev–Trinajstić information content (AvgIpc) is 3.15. The van der Waals surface area contributed by atoms with Crippen molar-refractivity contribution in [1.29, 1.82) is 0 Å². The number of hydrogen-bond donors (Lipinski definition) is 0. The Hall–Kier alpha value is -1.62. The molecule has 152 valence electrons. The summed E-state index contributed by atoms with van der Waals surface area (Å²) in [5.74, 6) is 1.55. The van der Waals surface area contributed by atoms with E-state index in [0.29, 0.717) is 5.91 Å². The molecule has 5 heteroatoms. The highest BCUT2D eigenvalue weighted by Crippen LogP contribution is 2.34. The molecule has 0 atom stereocenters. The topological polar surface area (TPSA) is 36.4 Å². The van der Waals surface area contributed by atoms with Crippen LogP contribution in [0.25, 0.3) is 10.2 Å². The third-order valence-electron chi connectivity index (χ3n) is 6.56. The van der Waals surface area contributed by atoms with Crippen molar-refractivity contribution in [2.45, 2.75) is 58.8 Å². The van der Waals surface area contributed by atoms with Crippen molar-refractivity contribution in [3.8, 4) is 0 Å². The Morgan fingerprint density at radius 1 is 1.14 bits per heavy atom. The van der Waals surface area contributed by atoms with Gasteiger partial charge in [-0.3, -0.25) is 4.79 Å². The molecule has 0 N–H and O–H groups in total. The van der Waals surface area contributed by atoms with Gasteiger partial charge in [0.2, 0.25) is 5.91 Å². The van der Waals surface area contributed by atoms with E-state index in [9.17, 15) is 4.79 Å². The third-order valence-corrected chi connectivity index (χ3v) is 7.64. The zero-order valence-corrected chi connectivity index (χ0v) is 18.1. The number of amides is 1. The van der Waals surface area contributed by atoms with E-state index in [0.717, 1.165) is 55.6 Å². The van der Waals surface area contributed by atoms with Gasteiger partial charge in [0.15, 0.2) is 5.13 Å². The van der Waals surface area contributed by atoms with Crippen LogP contribution >= 0.6 is 11.3 Å². The van der Waals surface area contributed by atoms with Crippen molar-refractivity contribution in [1.82, 2.24) is 9.88 Å². The van der Waals surface area contributed by atoms with Gasteiger partial charge < -0.3 is 9.80 Å². The van der Waals surface area contributed by atoms with E-state index in [-0.39, 0.29) is 5.92 Å². The largest absolute Gasteiger partial charge is 0.345 e. The van der Waals surface area contributed by atoms with Crippen LogP contribution in [-0.2, 0) is 4.79 Å². The maximum absolute atomic E-state index is 13.0. The van der Waals surface area contributed by atoms with Crippen molar-refractivity contribution in [3.63, 3.8) is 0 Å². The first-order valence-electron chi connectivity index (χ1n) is 11.0. The molecule has 1 aromatic carbocycles. The number of benzene rings is 1. The second-order valence-electron chi connectivity index (χ2n) is 8.64. The zero-order valence-electron chi connectivity index (χ0n) is 17.3. The Morgan fingerprint density at radius 2 is 1.89 bits per heavy atom. The quantitative estimate of drug-likeness (QED) is 0.689. The summed E-state index contributed by atoms with van der Waals surface area (Å²) in [7, 11) is 0. The third kappa shape index (κ3) is 4.35. The first kappa shape index (κ1) is 19.7. The Balaban J connectivity index is 1.29. The molecule has 1 saturated heterocycles. The molecule has 1 aliphatic heterocycles. The van der Waals surface area contributed by atoms with Gasteiger partial charge in [0.25, 0.3) is 0 Å². The number of nitrogens with zero attached hydrogens (tertiary/aromatic N) is 3. The van der Waals surface area contributed by atoms with Crippen LogP contribution in [0.5, 0.6) is 0 Å². The van der Waals surface area contributed by atoms with Crippen LogP contribution in [0.1, 0.15) is 57.4 Å². The van der Waals surface area contributed by atoms with Crippen LogP contribution in [0.4, 0.5) is 5.13 Å². The fourth-order valence-corrected chi connectivity index (χ4v) is 5.84. The lowest BCUT2D eigenvalue weighted by atomic mass is 9.79. The number of aromatic nitrogens is 1. The van der Waals surface area contributed by atoms with E-state index in [2.05, 4.69) is 41.8 Å². The number of carbonyl (C=O) groups excluding carboxylic acids is 1. The van der Waals surface area contributed by atoms with E-state index in [1.165, 1.54) is 42.4 Å².